The largest absolute Gasteiger partial charge is 0.390 e. The van der Waals surface area contributed by atoms with Crippen LogP contribution in [0.2, 0.25) is 0 Å². The molecule has 7 heteroatoms. The van der Waals surface area contributed by atoms with E-state index in [2.05, 4.69) is 38.7 Å². The van der Waals surface area contributed by atoms with Gasteiger partial charge >= 0.3 is 0 Å². The van der Waals surface area contributed by atoms with Gasteiger partial charge in [0.2, 0.25) is 5.91 Å². The molecule has 0 aliphatic carbocycles. The van der Waals surface area contributed by atoms with Gasteiger partial charge in [-0.1, -0.05) is 42.4 Å². The molecule has 3 heterocycles. The number of rotatable bonds is 6. The van der Waals surface area contributed by atoms with Crippen molar-refractivity contribution in [2.24, 2.45) is 5.16 Å². The smallest absolute Gasteiger partial charge is 0.220 e. The van der Waals surface area contributed by atoms with Crippen LogP contribution in [0.15, 0.2) is 41.6 Å². The van der Waals surface area contributed by atoms with Gasteiger partial charge in [-0.15, -0.1) is 0 Å². The van der Waals surface area contributed by atoms with Gasteiger partial charge in [0, 0.05) is 32.5 Å². The van der Waals surface area contributed by atoms with Crippen LogP contribution in [0.4, 0.5) is 0 Å². The quantitative estimate of drug-likeness (QED) is 0.847. The molecule has 1 N–H and O–H groups in total. The summed E-state index contributed by atoms with van der Waals surface area (Å²) in [5, 5.41) is 11.8. The summed E-state index contributed by atoms with van der Waals surface area (Å²) in [5.41, 5.74) is 4.26. The predicted molar refractivity (Wildman–Crippen MR) is 102 cm³/mol. The highest BCUT2D eigenvalue weighted by atomic mass is 16.6. The van der Waals surface area contributed by atoms with Gasteiger partial charge < -0.3 is 10.2 Å². The highest BCUT2D eigenvalue weighted by Gasteiger charge is 2.27. The van der Waals surface area contributed by atoms with E-state index in [4.69, 9.17) is 4.84 Å². The maximum Gasteiger partial charge on any atom is 0.220 e. The Hall–Kier alpha value is -2.67. The van der Waals surface area contributed by atoms with Crippen LogP contribution in [0.25, 0.3) is 0 Å². The lowest BCUT2D eigenvalue weighted by molar-refractivity contribution is -0.120. The van der Waals surface area contributed by atoms with Crippen molar-refractivity contribution < 1.29 is 9.63 Å². The summed E-state index contributed by atoms with van der Waals surface area (Å²) in [5.74, 6) is 0.0511. The Balaban J connectivity index is 1.30. The van der Waals surface area contributed by atoms with Gasteiger partial charge in [-0.05, 0) is 11.6 Å². The van der Waals surface area contributed by atoms with Crippen molar-refractivity contribution >= 4 is 11.6 Å². The Labute approximate surface area is 159 Å². The molecule has 1 aromatic carbocycles. The number of benzene rings is 1. The van der Waals surface area contributed by atoms with Crippen LogP contribution in [-0.4, -0.2) is 45.5 Å². The van der Waals surface area contributed by atoms with E-state index in [0.717, 1.165) is 49.6 Å². The number of hydrogen-bond donors (Lipinski definition) is 1. The molecule has 0 spiro atoms. The first kappa shape index (κ1) is 17.7. The maximum absolute atomic E-state index is 11.4. The minimum atomic E-state index is 0.0511. The highest BCUT2D eigenvalue weighted by Crippen LogP contribution is 2.20. The van der Waals surface area contributed by atoms with Crippen molar-refractivity contribution in [2.45, 2.75) is 45.5 Å². The van der Waals surface area contributed by atoms with Crippen LogP contribution in [0, 0.1) is 0 Å². The van der Waals surface area contributed by atoms with Gasteiger partial charge in [-0.3, -0.25) is 14.4 Å². The molecule has 0 radical (unpaired) electrons. The third kappa shape index (κ3) is 4.19. The van der Waals surface area contributed by atoms with Crippen molar-refractivity contribution in [2.75, 3.05) is 13.1 Å². The molecule has 1 unspecified atom stereocenters. The molecule has 4 rings (SSSR count). The van der Waals surface area contributed by atoms with Gasteiger partial charge in [0.15, 0.2) is 0 Å². The van der Waals surface area contributed by atoms with E-state index in [9.17, 15) is 4.79 Å². The summed E-state index contributed by atoms with van der Waals surface area (Å²) >= 11 is 0. The zero-order valence-corrected chi connectivity index (χ0v) is 15.6. The monoisotopic (exact) mass is 367 g/mol. The van der Waals surface area contributed by atoms with E-state index in [1.807, 2.05) is 29.8 Å². The molecule has 0 saturated carbocycles. The fourth-order valence-electron chi connectivity index (χ4n) is 3.55. The van der Waals surface area contributed by atoms with E-state index >= 15 is 0 Å². The standard InChI is InChI=1S/C20H25N5O2/c1-2-20(26)21-12-16-10-17-13-24(8-9-25(17)22-16)14-18-11-19(23-27-18)15-6-4-3-5-7-15/h3-7,10,18H,2,8-9,11-14H2,1H3,(H,21,26). The summed E-state index contributed by atoms with van der Waals surface area (Å²) in [6.07, 6.45) is 1.43. The van der Waals surface area contributed by atoms with Crippen molar-refractivity contribution in [3.05, 3.63) is 53.3 Å². The van der Waals surface area contributed by atoms with E-state index < -0.39 is 0 Å². The van der Waals surface area contributed by atoms with E-state index in [0.29, 0.717) is 13.0 Å². The number of carbonyl (C=O) groups is 1. The number of hydrogen-bond acceptors (Lipinski definition) is 5. The fraction of sp³-hybridized carbons (Fsp3) is 0.450. The van der Waals surface area contributed by atoms with Crippen LogP contribution >= 0.6 is 0 Å². The molecule has 2 aromatic rings. The van der Waals surface area contributed by atoms with Gasteiger partial charge in [-0.25, -0.2) is 0 Å². The molecule has 1 aromatic heterocycles. The second kappa shape index (κ2) is 7.92. The second-order valence-corrected chi connectivity index (χ2v) is 7.05. The first-order valence-corrected chi connectivity index (χ1v) is 9.54. The number of oxime groups is 1. The molecule has 1 amide bonds. The number of aromatic nitrogens is 2. The van der Waals surface area contributed by atoms with Crippen LogP contribution in [0.1, 0.15) is 36.7 Å². The van der Waals surface area contributed by atoms with E-state index in [-0.39, 0.29) is 12.0 Å². The minimum Gasteiger partial charge on any atom is -0.390 e. The van der Waals surface area contributed by atoms with Gasteiger partial charge in [0.1, 0.15) is 6.10 Å². The molecular formula is C20H25N5O2. The highest BCUT2D eigenvalue weighted by molar-refractivity contribution is 6.01. The maximum atomic E-state index is 11.4. The topological polar surface area (TPSA) is 71.8 Å². The molecule has 0 bridgehead atoms. The third-order valence-electron chi connectivity index (χ3n) is 5.02. The van der Waals surface area contributed by atoms with Crippen molar-refractivity contribution in [1.82, 2.24) is 20.0 Å². The van der Waals surface area contributed by atoms with Crippen LogP contribution in [0.5, 0.6) is 0 Å². The Morgan fingerprint density at radius 3 is 2.96 bits per heavy atom. The molecular weight excluding hydrogens is 342 g/mol. The first-order chi connectivity index (χ1) is 13.2. The summed E-state index contributed by atoms with van der Waals surface area (Å²) in [6, 6.07) is 12.3. The van der Waals surface area contributed by atoms with Gasteiger partial charge in [0.05, 0.1) is 30.2 Å². The lowest BCUT2D eigenvalue weighted by Gasteiger charge is -2.28. The number of nitrogens with zero attached hydrogens (tertiary/aromatic N) is 4. The van der Waals surface area contributed by atoms with Crippen LogP contribution in [0.3, 0.4) is 0 Å². The molecule has 0 fully saturated rings. The molecule has 2 aliphatic heterocycles. The molecule has 27 heavy (non-hydrogen) atoms. The lowest BCUT2D eigenvalue weighted by atomic mass is 10.0. The van der Waals surface area contributed by atoms with Crippen LogP contribution < -0.4 is 5.32 Å². The average Bonchev–Trinajstić information content (AvgIpc) is 3.33. The zero-order chi connectivity index (χ0) is 18.6. The number of carbonyl (C=O) groups excluding carboxylic acids is 1. The Kier molecular flexibility index (Phi) is 5.20. The van der Waals surface area contributed by atoms with Crippen molar-refractivity contribution in [3.63, 3.8) is 0 Å². The SMILES string of the molecule is CCC(=O)NCc1cc2n(n1)CCN(CC1CC(c3ccccc3)=NO1)C2. The zero-order valence-electron chi connectivity index (χ0n) is 15.6. The number of amides is 1. The van der Waals surface area contributed by atoms with Crippen molar-refractivity contribution in [3.8, 4) is 0 Å². The van der Waals surface area contributed by atoms with Gasteiger partial charge in [-0.2, -0.15) is 5.10 Å². The van der Waals surface area contributed by atoms with E-state index in [1.54, 1.807) is 0 Å². The minimum absolute atomic E-state index is 0.0511. The molecule has 7 nitrogen and oxygen atoms in total. The third-order valence-corrected chi connectivity index (χ3v) is 5.02. The molecule has 2 aliphatic rings. The summed E-state index contributed by atoms with van der Waals surface area (Å²) in [4.78, 5) is 19.5. The fourth-order valence-corrected chi connectivity index (χ4v) is 3.55. The van der Waals surface area contributed by atoms with E-state index in [1.165, 1.54) is 5.69 Å². The van der Waals surface area contributed by atoms with Gasteiger partial charge in [0.25, 0.3) is 0 Å². The molecule has 1 atom stereocenters. The number of fused-ring (bicyclic) bond motifs is 1. The average molecular weight is 367 g/mol. The summed E-state index contributed by atoms with van der Waals surface area (Å²) in [6.45, 7) is 5.84. The Bertz CT molecular complexity index is 830. The second-order valence-electron chi connectivity index (χ2n) is 7.05. The Morgan fingerprint density at radius 1 is 1.30 bits per heavy atom. The summed E-state index contributed by atoms with van der Waals surface area (Å²) < 4.78 is 2.05. The normalized spacial score (nSPS) is 19.3. The number of nitrogens with one attached hydrogen (secondary N) is 1. The molecule has 142 valence electrons. The first-order valence-electron chi connectivity index (χ1n) is 9.54. The van der Waals surface area contributed by atoms with Crippen molar-refractivity contribution in [1.29, 1.82) is 0 Å². The lowest BCUT2D eigenvalue weighted by Crippen LogP contribution is -2.38. The Morgan fingerprint density at radius 2 is 2.15 bits per heavy atom. The molecule has 0 saturated heterocycles. The van der Waals surface area contributed by atoms with Crippen LogP contribution in [-0.2, 0) is 29.3 Å². The predicted octanol–water partition coefficient (Wildman–Crippen LogP) is 1.92. The summed E-state index contributed by atoms with van der Waals surface area (Å²) in [7, 11) is 0.